The topological polar surface area (TPSA) is 32.3 Å². The first kappa shape index (κ1) is 7.03. The first-order valence-corrected chi connectivity index (χ1v) is 3.69. The summed E-state index contributed by atoms with van der Waals surface area (Å²) in [5, 5.41) is 12.4. The maximum absolute atomic E-state index is 9.15. The third-order valence-corrected chi connectivity index (χ3v) is 2.07. The van der Waals surface area contributed by atoms with Gasteiger partial charge in [0.1, 0.15) is 0 Å². The standard InChI is InChI=1S/C7H15NO/c1-6(9)7-2-4-8-5-3-7/h6-9H,2-5H2,1H3/t6-/m0/s1. The Morgan fingerprint density at radius 1 is 1.44 bits per heavy atom. The van der Waals surface area contributed by atoms with Crippen LogP contribution in [0, 0.1) is 5.92 Å². The molecule has 0 unspecified atom stereocenters. The second kappa shape index (κ2) is 3.18. The highest BCUT2D eigenvalue weighted by molar-refractivity contribution is 4.71. The summed E-state index contributed by atoms with van der Waals surface area (Å²) in [7, 11) is 0. The van der Waals surface area contributed by atoms with Gasteiger partial charge in [-0.1, -0.05) is 0 Å². The summed E-state index contributed by atoms with van der Waals surface area (Å²) < 4.78 is 0. The summed E-state index contributed by atoms with van der Waals surface area (Å²) in [5.41, 5.74) is 0. The summed E-state index contributed by atoms with van der Waals surface area (Å²) in [5.74, 6) is 0.547. The van der Waals surface area contributed by atoms with Gasteiger partial charge in [-0.05, 0) is 38.8 Å². The van der Waals surface area contributed by atoms with Crippen molar-refractivity contribution in [1.82, 2.24) is 5.32 Å². The van der Waals surface area contributed by atoms with Gasteiger partial charge in [0.15, 0.2) is 0 Å². The smallest absolute Gasteiger partial charge is 0.0541 e. The van der Waals surface area contributed by atoms with Crippen LogP contribution < -0.4 is 5.32 Å². The molecule has 2 nitrogen and oxygen atoms in total. The van der Waals surface area contributed by atoms with Gasteiger partial charge < -0.3 is 10.4 Å². The van der Waals surface area contributed by atoms with Gasteiger partial charge in [-0.25, -0.2) is 0 Å². The monoisotopic (exact) mass is 129 g/mol. The molecule has 1 heterocycles. The van der Waals surface area contributed by atoms with Gasteiger partial charge in [0, 0.05) is 0 Å². The van der Waals surface area contributed by atoms with Crippen LogP contribution in [0.5, 0.6) is 0 Å². The number of nitrogens with one attached hydrogen (secondary N) is 1. The van der Waals surface area contributed by atoms with E-state index in [0.29, 0.717) is 5.92 Å². The molecule has 0 saturated carbocycles. The fraction of sp³-hybridized carbons (Fsp3) is 1.00. The average molecular weight is 129 g/mol. The molecular formula is C7H15NO. The lowest BCUT2D eigenvalue weighted by molar-refractivity contribution is 0.105. The lowest BCUT2D eigenvalue weighted by atomic mass is 9.93. The molecule has 2 heteroatoms. The third kappa shape index (κ3) is 1.95. The normalized spacial score (nSPS) is 26.0. The van der Waals surface area contributed by atoms with Crippen LogP contribution in [0.4, 0.5) is 0 Å². The van der Waals surface area contributed by atoms with Crippen LogP contribution in [0.3, 0.4) is 0 Å². The summed E-state index contributed by atoms with van der Waals surface area (Å²) in [4.78, 5) is 0. The molecule has 1 aliphatic rings. The van der Waals surface area contributed by atoms with Gasteiger partial charge >= 0.3 is 0 Å². The fourth-order valence-corrected chi connectivity index (χ4v) is 1.33. The molecule has 0 spiro atoms. The van der Waals surface area contributed by atoms with Crippen molar-refractivity contribution in [2.45, 2.75) is 25.9 Å². The number of hydrogen-bond donors (Lipinski definition) is 2. The predicted molar refractivity (Wildman–Crippen MR) is 37.3 cm³/mol. The van der Waals surface area contributed by atoms with Gasteiger partial charge in [-0.15, -0.1) is 0 Å². The van der Waals surface area contributed by atoms with Gasteiger partial charge in [0.25, 0.3) is 0 Å². The molecule has 1 aliphatic heterocycles. The van der Waals surface area contributed by atoms with Crippen LogP contribution in [0.2, 0.25) is 0 Å². The van der Waals surface area contributed by atoms with E-state index in [1.165, 1.54) is 0 Å². The van der Waals surface area contributed by atoms with E-state index in [4.69, 9.17) is 5.11 Å². The number of aliphatic hydroxyl groups is 1. The number of rotatable bonds is 1. The van der Waals surface area contributed by atoms with Crippen molar-refractivity contribution in [1.29, 1.82) is 0 Å². The van der Waals surface area contributed by atoms with E-state index < -0.39 is 0 Å². The van der Waals surface area contributed by atoms with Gasteiger partial charge in [0.2, 0.25) is 0 Å². The summed E-state index contributed by atoms with van der Waals surface area (Å²) in [6, 6.07) is 0. The molecule has 0 aromatic heterocycles. The highest BCUT2D eigenvalue weighted by Gasteiger charge is 2.16. The van der Waals surface area contributed by atoms with Crippen molar-refractivity contribution in [3.8, 4) is 0 Å². The Kier molecular flexibility index (Phi) is 2.49. The van der Waals surface area contributed by atoms with E-state index in [0.717, 1.165) is 25.9 Å². The minimum atomic E-state index is -0.105. The van der Waals surface area contributed by atoms with E-state index in [2.05, 4.69) is 5.32 Å². The van der Waals surface area contributed by atoms with Crippen LogP contribution in [-0.4, -0.2) is 24.3 Å². The Morgan fingerprint density at radius 2 is 2.00 bits per heavy atom. The second-order valence-corrected chi connectivity index (χ2v) is 2.83. The highest BCUT2D eigenvalue weighted by Crippen LogP contribution is 2.14. The van der Waals surface area contributed by atoms with Crippen LogP contribution in [0.25, 0.3) is 0 Å². The second-order valence-electron chi connectivity index (χ2n) is 2.83. The molecule has 9 heavy (non-hydrogen) atoms. The zero-order valence-electron chi connectivity index (χ0n) is 5.93. The van der Waals surface area contributed by atoms with E-state index in [-0.39, 0.29) is 6.10 Å². The molecule has 1 saturated heterocycles. The van der Waals surface area contributed by atoms with Crippen molar-refractivity contribution >= 4 is 0 Å². The number of aliphatic hydroxyl groups excluding tert-OH is 1. The fourth-order valence-electron chi connectivity index (χ4n) is 1.33. The SMILES string of the molecule is C[C@H](O)C1CCNCC1. The molecule has 1 atom stereocenters. The lowest BCUT2D eigenvalue weighted by Crippen LogP contribution is -2.32. The first-order valence-electron chi connectivity index (χ1n) is 3.69. The molecular weight excluding hydrogens is 114 g/mol. The maximum atomic E-state index is 9.15. The number of piperidine rings is 1. The molecule has 0 aromatic carbocycles. The van der Waals surface area contributed by atoms with Crippen LogP contribution in [0.1, 0.15) is 19.8 Å². The van der Waals surface area contributed by atoms with Crippen molar-refractivity contribution < 1.29 is 5.11 Å². The Balaban J connectivity index is 2.23. The van der Waals surface area contributed by atoms with E-state index in [1.54, 1.807) is 0 Å². The first-order chi connectivity index (χ1) is 4.30. The van der Waals surface area contributed by atoms with Gasteiger partial charge in [-0.2, -0.15) is 0 Å². The molecule has 1 rings (SSSR count). The van der Waals surface area contributed by atoms with Crippen molar-refractivity contribution in [2.75, 3.05) is 13.1 Å². The molecule has 54 valence electrons. The largest absolute Gasteiger partial charge is 0.393 e. The minimum Gasteiger partial charge on any atom is -0.393 e. The van der Waals surface area contributed by atoms with Crippen molar-refractivity contribution in [2.24, 2.45) is 5.92 Å². The Bertz CT molecular complexity index is 77.0. The lowest BCUT2D eigenvalue weighted by Gasteiger charge is -2.24. The Morgan fingerprint density at radius 3 is 2.33 bits per heavy atom. The molecule has 2 N–H and O–H groups in total. The molecule has 0 amide bonds. The zero-order chi connectivity index (χ0) is 6.69. The Hall–Kier alpha value is -0.0800. The van der Waals surface area contributed by atoms with E-state index >= 15 is 0 Å². The average Bonchev–Trinajstić information content (AvgIpc) is 1.90. The molecule has 0 aliphatic carbocycles. The van der Waals surface area contributed by atoms with E-state index in [9.17, 15) is 0 Å². The van der Waals surface area contributed by atoms with Crippen LogP contribution in [0.15, 0.2) is 0 Å². The summed E-state index contributed by atoms with van der Waals surface area (Å²) >= 11 is 0. The van der Waals surface area contributed by atoms with E-state index in [1.807, 2.05) is 6.92 Å². The summed E-state index contributed by atoms with van der Waals surface area (Å²) in [6.45, 7) is 4.04. The Labute approximate surface area is 56.3 Å². The minimum absolute atomic E-state index is 0.105. The van der Waals surface area contributed by atoms with Gasteiger partial charge in [-0.3, -0.25) is 0 Å². The molecule has 0 bridgehead atoms. The highest BCUT2D eigenvalue weighted by atomic mass is 16.3. The van der Waals surface area contributed by atoms with Crippen molar-refractivity contribution in [3.63, 3.8) is 0 Å². The zero-order valence-corrected chi connectivity index (χ0v) is 5.93. The van der Waals surface area contributed by atoms with Crippen molar-refractivity contribution in [3.05, 3.63) is 0 Å². The van der Waals surface area contributed by atoms with Crippen LogP contribution >= 0.6 is 0 Å². The number of hydrogen-bond acceptors (Lipinski definition) is 2. The van der Waals surface area contributed by atoms with Gasteiger partial charge in [0.05, 0.1) is 6.10 Å². The molecule has 1 fully saturated rings. The van der Waals surface area contributed by atoms with Crippen LogP contribution in [-0.2, 0) is 0 Å². The summed E-state index contributed by atoms with van der Waals surface area (Å²) in [6.07, 6.45) is 2.17. The molecule has 0 radical (unpaired) electrons. The molecule has 0 aromatic rings. The quantitative estimate of drug-likeness (QED) is 0.536. The third-order valence-electron chi connectivity index (χ3n) is 2.07. The predicted octanol–water partition coefficient (Wildman–Crippen LogP) is 0.367. The maximum Gasteiger partial charge on any atom is 0.0541 e.